The van der Waals surface area contributed by atoms with Gasteiger partial charge < -0.3 is 4.42 Å². The van der Waals surface area contributed by atoms with Crippen LogP contribution in [0.15, 0.2) is 33.2 Å². The molecule has 0 fully saturated rings. The zero-order valence-electron chi connectivity index (χ0n) is 7.08. The van der Waals surface area contributed by atoms with Crippen molar-refractivity contribution in [2.45, 2.75) is 4.43 Å². The molecule has 2 aromatic rings. The minimum atomic E-state index is 0.559. The number of alkyl halides is 1. The molecule has 0 aliphatic rings. The minimum absolute atomic E-state index is 0.559. The number of aromatic nitrogens is 2. The van der Waals surface area contributed by atoms with E-state index in [4.69, 9.17) is 4.42 Å². The summed E-state index contributed by atoms with van der Waals surface area (Å²) >= 11 is 5.62. The van der Waals surface area contributed by atoms with Crippen molar-refractivity contribution in [3.8, 4) is 11.5 Å². The lowest BCUT2D eigenvalue weighted by molar-refractivity contribution is 0.531. The van der Waals surface area contributed by atoms with Crippen LogP contribution in [0.1, 0.15) is 5.89 Å². The maximum atomic E-state index is 5.44. The van der Waals surface area contributed by atoms with E-state index in [2.05, 4.69) is 48.7 Å². The highest BCUT2D eigenvalue weighted by Gasteiger charge is 2.09. The van der Waals surface area contributed by atoms with Gasteiger partial charge in [0.2, 0.25) is 11.8 Å². The smallest absolute Gasteiger partial charge is 0.248 e. The van der Waals surface area contributed by atoms with Gasteiger partial charge in [0.15, 0.2) is 0 Å². The Hall–Kier alpha value is -0.430. The van der Waals surface area contributed by atoms with Crippen molar-refractivity contribution in [1.29, 1.82) is 0 Å². The summed E-state index contributed by atoms with van der Waals surface area (Å²) < 4.78 is 7.13. The number of hydrogen-bond donors (Lipinski definition) is 0. The van der Waals surface area contributed by atoms with Crippen LogP contribution in [0.2, 0.25) is 0 Å². The predicted molar refractivity (Wildman–Crippen MR) is 65.2 cm³/mol. The Morgan fingerprint density at radius 3 is 2.71 bits per heavy atom. The Balaban J connectivity index is 2.44. The second kappa shape index (κ2) is 4.39. The Morgan fingerprint density at radius 2 is 2.07 bits per heavy atom. The first-order valence-corrected chi connectivity index (χ1v) is 6.26. The topological polar surface area (TPSA) is 38.9 Å². The molecule has 2 rings (SSSR count). The molecule has 0 radical (unpaired) electrons. The van der Waals surface area contributed by atoms with E-state index in [1.807, 2.05) is 24.3 Å². The van der Waals surface area contributed by atoms with Crippen molar-refractivity contribution in [2.24, 2.45) is 0 Å². The van der Waals surface area contributed by atoms with E-state index < -0.39 is 0 Å². The van der Waals surface area contributed by atoms with Gasteiger partial charge in [0.25, 0.3) is 0 Å². The largest absolute Gasteiger partial charge is 0.420 e. The van der Waals surface area contributed by atoms with Gasteiger partial charge in [-0.2, -0.15) is 0 Å². The third-order valence-corrected chi connectivity index (χ3v) is 3.03. The van der Waals surface area contributed by atoms with Crippen molar-refractivity contribution in [1.82, 2.24) is 10.2 Å². The van der Waals surface area contributed by atoms with Gasteiger partial charge in [-0.15, -0.1) is 10.2 Å². The third-order valence-electron chi connectivity index (χ3n) is 1.69. The molecule has 5 heteroatoms. The summed E-state index contributed by atoms with van der Waals surface area (Å²) in [5, 5.41) is 7.87. The monoisotopic (exact) mass is 364 g/mol. The number of rotatable bonds is 2. The van der Waals surface area contributed by atoms with Gasteiger partial charge in [0.1, 0.15) is 0 Å². The number of nitrogens with zero attached hydrogens (tertiary/aromatic N) is 2. The Kier molecular flexibility index (Phi) is 3.17. The van der Waals surface area contributed by atoms with Crippen LogP contribution in [0, 0.1) is 0 Å². The predicted octanol–water partition coefficient (Wildman–Crippen LogP) is 3.43. The van der Waals surface area contributed by atoms with Gasteiger partial charge >= 0.3 is 0 Å². The van der Waals surface area contributed by atoms with Crippen molar-refractivity contribution in [2.75, 3.05) is 0 Å². The van der Waals surface area contributed by atoms with E-state index in [9.17, 15) is 0 Å². The average Bonchev–Trinajstić information content (AvgIpc) is 2.67. The highest BCUT2D eigenvalue weighted by Crippen LogP contribution is 2.26. The number of hydrogen-bond acceptors (Lipinski definition) is 3. The zero-order chi connectivity index (χ0) is 9.97. The van der Waals surface area contributed by atoms with Crippen LogP contribution >= 0.6 is 38.5 Å². The molecule has 0 saturated heterocycles. The Bertz CT molecular complexity index is 444. The number of benzene rings is 1. The van der Waals surface area contributed by atoms with Gasteiger partial charge in [0, 0.05) is 4.47 Å². The second-order valence-electron chi connectivity index (χ2n) is 2.61. The van der Waals surface area contributed by atoms with Crippen molar-refractivity contribution in [3.63, 3.8) is 0 Å². The molecular weight excluding hydrogens is 359 g/mol. The molecule has 0 unspecified atom stereocenters. The van der Waals surface area contributed by atoms with E-state index in [1.165, 1.54) is 0 Å². The quantitative estimate of drug-likeness (QED) is 0.605. The maximum absolute atomic E-state index is 5.44. The van der Waals surface area contributed by atoms with Crippen molar-refractivity contribution < 1.29 is 4.42 Å². The molecule has 0 aliphatic carbocycles. The lowest BCUT2D eigenvalue weighted by atomic mass is 10.2. The molecule has 0 spiro atoms. The van der Waals surface area contributed by atoms with E-state index >= 15 is 0 Å². The van der Waals surface area contributed by atoms with Crippen molar-refractivity contribution >= 4 is 38.5 Å². The first-order chi connectivity index (χ1) is 6.81. The number of halogens is 2. The fraction of sp³-hybridized carbons (Fsp3) is 0.111. The summed E-state index contributed by atoms with van der Waals surface area (Å²) in [6.45, 7) is 0. The molecule has 3 nitrogen and oxygen atoms in total. The highest BCUT2D eigenvalue weighted by atomic mass is 127. The average molecular weight is 365 g/mol. The second-order valence-corrected chi connectivity index (χ2v) is 4.23. The summed E-state index contributed by atoms with van der Waals surface area (Å²) in [7, 11) is 0. The lowest BCUT2D eigenvalue weighted by Crippen LogP contribution is -1.78. The molecule has 0 N–H and O–H groups in total. The van der Waals surface area contributed by atoms with E-state index in [0.29, 0.717) is 11.8 Å². The first-order valence-electron chi connectivity index (χ1n) is 3.94. The SMILES string of the molecule is Brc1ccccc1-c1nnc(CI)o1. The molecule has 0 aliphatic heterocycles. The van der Waals surface area contributed by atoms with Crippen LogP contribution in [0.3, 0.4) is 0 Å². The summed E-state index contributed by atoms with van der Waals surface area (Å²) in [4.78, 5) is 0. The molecule has 72 valence electrons. The lowest BCUT2D eigenvalue weighted by Gasteiger charge is -1.96. The highest BCUT2D eigenvalue weighted by molar-refractivity contribution is 14.1. The van der Waals surface area contributed by atoms with Gasteiger partial charge in [-0.05, 0) is 28.1 Å². The van der Waals surface area contributed by atoms with Crippen LogP contribution in [-0.2, 0) is 4.43 Å². The summed E-state index contributed by atoms with van der Waals surface area (Å²) in [5.41, 5.74) is 0.927. The van der Waals surface area contributed by atoms with Crippen LogP contribution in [-0.4, -0.2) is 10.2 Å². The molecule has 0 atom stereocenters. The molecule has 1 aromatic carbocycles. The molecule has 14 heavy (non-hydrogen) atoms. The van der Waals surface area contributed by atoms with Crippen LogP contribution in [0.4, 0.5) is 0 Å². The van der Waals surface area contributed by atoms with Crippen LogP contribution in [0.25, 0.3) is 11.5 Å². The van der Waals surface area contributed by atoms with Gasteiger partial charge in [-0.1, -0.05) is 34.7 Å². The molecule has 0 bridgehead atoms. The normalized spacial score (nSPS) is 10.4. The van der Waals surface area contributed by atoms with E-state index in [-0.39, 0.29) is 0 Å². The molecule has 1 heterocycles. The third kappa shape index (κ3) is 1.98. The minimum Gasteiger partial charge on any atom is -0.420 e. The van der Waals surface area contributed by atoms with Gasteiger partial charge in [-0.25, -0.2) is 0 Å². The van der Waals surface area contributed by atoms with E-state index in [1.54, 1.807) is 0 Å². The fourth-order valence-corrected chi connectivity index (χ4v) is 1.81. The van der Waals surface area contributed by atoms with Gasteiger partial charge in [0.05, 0.1) is 9.99 Å². The maximum Gasteiger partial charge on any atom is 0.248 e. The summed E-state index contributed by atoms with van der Waals surface area (Å²) in [5.74, 6) is 1.21. The fourth-order valence-electron chi connectivity index (χ4n) is 1.05. The first kappa shape index (κ1) is 10.1. The Morgan fingerprint density at radius 1 is 1.29 bits per heavy atom. The van der Waals surface area contributed by atoms with Gasteiger partial charge in [-0.3, -0.25) is 0 Å². The van der Waals surface area contributed by atoms with Crippen LogP contribution in [0.5, 0.6) is 0 Å². The zero-order valence-corrected chi connectivity index (χ0v) is 10.8. The van der Waals surface area contributed by atoms with Crippen molar-refractivity contribution in [3.05, 3.63) is 34.6 Å². The van der Waals surface area contributed by atoms with E-state index in [0.717, 1.165) is 14.5 Å². The molecule has 0 amide bonds. The molecule has 1 aromatic heterocycles. The van der Waals surface area contributed by atoms with Crippen LogP contribution < -0.4 is 0 Å². The molecule has 0 saturated carbocycles. The standard InChI is InChI=1S/C9H6BrIN2O/c10-7-4-2-1-3-6(7)9-13-12-8(5-11)14-9/h1-4H,5H2. The molecular formula is C9H6BrIN2O. The summed E-state index contributed by atoms with van der Waals surface area (Å²) in [6, 6.07) is 7.77. The summed E-state index contributed by atoms with van der Waals surface area (Å²) in [6.07, 6.45) is 0. The Labute approximate surface area is 103 Å².